The molecule has 0 fully saturated rings. The number of anilines is 4. The fraction of sp³-hybridized carbons (Fsp3) is 0.200. The molecule has 0 spiro atoms. The van der Waals surface area contributed by atoms with Gasteiger partial charge in [-0.05, 0) is 64.7 Å². The number of benzene rings is 4. The summed E-state index contributed by atoms with van der Waals surface area (Å²) in [5, 5.41) is 0. The summed E-state index contributed by atoms with van der Waals surface area (Å²) >= 11 is 0. The summed E-state index contributed by atoms with van der Waals surface area (Å²) in [6.45, 7) is 9.03. The van der Waals surface area contributed by atoms with Gasteiger partial charge < -0.3 is 22.9 Å². The van der Waals surface area contributed by atoms with Crippen LogP contribution in [0.1, 0.15) is 49.9 Å². The molecule has 0 heterocycles. The van der Waals surface area contributed by atoms with E-state index in [1.54, 1.807) is 18.2 Å². The molecule has 4 nitrogen and oxygen atoms in total. The highest BCUT2D eigenvalue weighted by Gasteiger charge is 2.27. The van der Waals surface area contributed by atoms with Crippen LogP contribution in [0.15, 0.2) is 97.1 Å². The van der Waals surface area contributed by atoms with Gasteiger partial charge in [-0.15, -0.1) is 0 Å². The highest BCUT2D eigenvalue weighted by atomic mass is 14.6. The summed E-state index contributed by atoms with van der Waals surface area (Å²) in [6, 6.07) is 32.4. The standard InChI is InChI=1S/C24H28N2.C6H8N2/c1-23(2,17-8-12-21(25)13-9-17)19-6-5-7-20(16-19)24(3,4)18-10-14-22(26)15-11-18;7-5-2-1-3-6(8)4-5/h5-16H,25-26H2,1-4H3;1-4H,7-8H2. The van der Waals surface area contributed by atoms with Crippen molar-refractivity contribution in [2.75, 3.05) is 22.9 Å². The van der Waals surface area contributed by atoms with Crippen molar-refractivity contribution in [1.82, 2.24) is 0 Å². The molecular formula is C30H36N4. The summed E-state index contributed by atoms with van der Waals surface area (Å²) in [4.78, 5) is 0. The molecule has 0 unspecified atom stereocenters. The van der Waals surface area contributed by atoms with E-state index >= 15 is 0 Å². The summed E-state index contributed by atoms with van der Waals surface area (Å²) in [5.41, 5.74) is 30.4. The summed E-state index contributed by atoms with van der Waals surface area (Å²) in [6.07, 6.45) is 0. The highest BCUT2D eigenvalue weighted by Crippen LogP contribution is 2.37. The van der Waals surface area contributed by atoms with Crippen molar-refractivity contribution in [2.24, 2.45) is 0 Å². The third-order valence-corrected chi connectivity index (χ3v) is 6.48. The number of hydrogen-bond donors (Lipinski definition) is 4. The maximum Gasteiger partial charge on any atom is 0.0334 e. The van der Waals surface area contributed by atoms with E-state index in [4.69, 9.17) is 22.9 Å². The van der Waals surface area contributed by atoms with Crippen LogP contribution >= 0.6 is 0 Å². The maximum absolute atomic E-state index is 5.86. The molecule has 0 amide bonds. The minimum absolute atomic E-state index is 0.0963. The van der Waals surface area contributed by atoms with Crippen LogP contribution in [0.3, 0.4) is 0 Å². The van der Waals surface area contributed by atoms with Gasteiger partial charge in [-0.1, -0.05) is 82.3 Å². The SMILES string of the molecule is CC(C)(c1ccc(N)cc1)c1cccc(C(C)(C)c2ccc(N)cc2)c1.Nc1cccc(N)c1. The summed E-state index contributed by atoms with van der Waals surface area (Å²) in [7, 11) is 0. The van der Waals surface area contributed by atoms with E-state index in [2.05, 4.69) is 76.2 Å². The summed E-state index contributed by atoms with van der Waals surface area (Å²) in [5.74, 6) is 0. The van der Waals surface area contributed by atoms with Crippen LogP contribution in [0, 0.1) is 0 Å². The van der Waals surface area contributed by atoms with Gasteiger partial charge in [0.25, 0.3) is 0 Å². The Morgan fingerprint density at radius 1 is 0.382 bits per heavy atom. The lowest BCUT2D eigenvalue weighted by Gasteiger charge is -2.31. The average Bonchev–Trinajstić information content (AvgIpc) is 2.80. The predicted octanol–water partition coefficient (Wildman–Crippen LogP) is 6.35. The van der Waals surface area contributed by atoms with Gasteiger partial charge in [-0.25, -0.2) is 0 Å². The topological polar surface area (TPSA) is 104 Å². The third kappa shape index (κ3) is 5.70. The van der Waals surface area contributed by atoms with Crippen LogP contribution in [0.2, 0.25) is 0 Å². The van der Waals surface area contributed by atoms with Crippen molar-refractivity contribution >= 4 is 22.7 Å². The number of nitrogens with two attached hydrogens (primary N) is 4. The van der Waals surface area contributed by atoms with Gasteiger partial charge in [0.05, 0.1) is 0 Å². The van der Waals surface area contributed by atoms with E-state index in [0.717, 1.165) is 11.4 Å². The molecule has 0 bridgehead atoms. The van der Waals surface area contributed by atoms with E-state index < -0.39 is 0 Å². The van der Waals surface area contributed by atoms with Crippen LogP contribution in [0.5, 0.6) is 0 Å². The lowest BCUT2D eigenvalue weighted by Crippen LogP contribution is -2.23. The molecule has 0 aromatic heterocycles. The third-order valence-electron chi connectivity index (χ3n) is 6.48. The van der Waals surface area contributed by atoms with Crippen molar-refractivity contribution in [3.8, 4) is 0 Å². The Bertz CT molecular complexity index is 1130. The largest absolute Gasteiger partial charge is 0.399 e. The van der Waals surface area contributed by atoms with E-state index in [0.29, 0.717) is 11.4 Å². The minimum Gasteiger partial charge on any atom is -0.399 e. The van der Waals surface area contributed by atoms with Gasteiger partial charge in [-0.2, -0.15) is 0 Å². The first-order valence-electron chi connectivity index (χ1n) is 11.4. The zero-order valence-electron chi connectivity index (χ0n) is 20.5. The van der Waals surface area contributed by atoms with Gasteiger partial charge >= 0.3 is 0 Å². The van der Waals surface area contributed by atoms with Crippen molar-refractivity contribution in [3.63, 3.8) is 0 Å². The van der Waals surface area contributed by atoms with E-state index in [-0.39, 0.29) is 10.8 Å². The average molecular weight is 453 g/mol. The smallest absolute Gasteiger partial charge is 0.0334 e. The van der Waals surface area contributed by atoms with Gasteiger partial charge in [0, 0.05) is 33.6 Å². The van der Waals surface area contributed by atoms with Gasteiger partial charge in [0.2, 0.25) is 0 Å². The lowest BCUT2D eigenvalue weighted by atomic mass is 9.73. The van der Waals surface area contributed by atoms with E-state index in [1.807, 2.05) is 30.3 Å². The zero-order valence-corrected chi connectivity index (χ0v) is 20.5. The van der Waals surface area contributed by atoms with Crippen LogP contribution in [0.4, 0.5) is 22.7 Å². The first kappa shape index (κ1) is 24.7. The Labute approximate surface area is 203 Å². The van der Waals surface area contributed by atoms with Gasteiger partial charge in [0.15, 0.2) is 0 Å². The number of nitrogen functional groups attached to an aromatic ring is 4. The molecule has 176 valence electrons. The minimum atomic E-state index is -0.0963. The van der Waals surface area contributed by atoms with E-state index in [9.17, 15) is 0 Å². The van der Waals surface area contributed by atoms with Crippen molar-refractivity contribution in [3.05, 3.63) is 119 Å². The molecule has 4 aromatic rings. The maximum atomic E-state index is 5.86. The molecule has 0 saturated carbocycles. The monoisotopic (exact) mass is 452 g/mol. The Kier molecular flexibility index (Phi) is 7.21. The number of rotatable bonds is 4. The molecule has 4 rings (SSSR count). The fourth-order valence-electron chi connectivity index (χ4n) is 3.99. The van der Waals surface area contributed by atoms with Crippen molar-refractivity contribution in [1.29, 1.82) is 0 Å². The lowest BCUT2D eigenvalue weighted by molar-refractivity contribution is 0.617. The summed E-state index contributed by atoms with van der Waals surface area (Å²) < 4.78 is 0. The van der Waals surface area contributed by atoms with Gasteiger partial charge in [0.1, 0.15) is 0 Å². The van der Waals surface area contributed by atoms with Crippen LogP contribution in [0.25, 0.3) is 0 Å². The molecule has 0 radical (unpaired) electrons. The molecule has 0 saturated heterocycles. The quantitative estimate of drug-likeness (QED) is 0.271. The second-order valence-electron chi connectivity index (χ2n) is 9.74. The highest BCUT2D eigenvalue weighted by molar-refractivity contribution is 5.51. The first-order chi connectivity index (χ1) is 16.0. The van der Waals surface area contributed by atoms with Crippen molar-refractivity contribution < 1.29 is 0 Å². The second-order valence-corrected chi connectivity index (χ2v) is 9.74. The molecule has 0 aliphatic heterocycles. The Morgan fingerprint density at radius 2 is 0.735 bits per heavy atom. The zero-order chi connectivity index (χ0) is 24.9. The van der Waals surface area contributed by atoms with Gasteiger partial charge in [-0.3, -0.25) is 0 Å². The normalized spacial score (nSPS) is 11.4. The Morgan fingerprint density at radius 3 is 1.06 bits per heavy atom. The Balaban J connectivity index is 0.000000343. The first-order valence-corrected chi connectivity index (χ1v) is 11.4. The van der Waals surface area contributed by atoms with Crippen molar-refractivity contribution in [2.45, 2.75) is 38.5 Å². The molecule has 34 heavy (non-hydrogen) atoms. The van der Waals surface area contributed by atoms with Crippen LogP contribution in [-0.2, 0) is 10.8 Å². The molecule has 0 aliphatic carbocycles. The second kappa shape index (κ2) is 9.92. The molecular weight excluding hydrogens is 416 g/mol. The molecule has 8 N–H and O–H groups in total. The number of hydrogen-bond acceptors (Lipinski definition) is 4. The molecule has 4 heteroatoms. The molecule has 0 aliphatic rings. The Hall–Kier alpha value is -3.92. The van der Waals surface area contributed by atoms with Crippen LogP contribution < -0.4 is 22.9 Å². The molecule has 0 atom stereocenters. The molecule has 4 aromatic carbocycles. The van der Waals surface area contributed by atoms with Crippen LogP contribution in [-0.4, -0.2) is 0 Å². The predicted molar refractivity (Wildman–Crippen MR) is 148 cm³/mol. The fourth-order valence-corrected chi connectivity index (χ4v) is 3.99. The van der Waals surface area contributed by atoms with E-state index in [1.165, 1.54) is 22.3 Å².